The number of ether oxygens (including phenoxy) is 1. The molecule has 2 saturated heterocycles. The van der Waals surface area contributed by atoms with E-state index in [9.17, 15) is 14.0 Å². The molecule has 1 aromatic rings. The Morgan fingerprint density at radius 3 is 2.25 bits per heavy atom. The number of piperazine rings is 1. The van der Waals surface area contributed by atoms with E-state index in [1.807, 2.05) is 0 Å². The highest BCUT2D eigenvalue weighted by molar-refractivity contribution is 6.05. The molecule has 6 nitrogen and oxygen atoms in total. The predicted octanol–water partition coefficient (Wildman–Crippen LogP) is -0.750. The predicted molar refractivity (Wildman–Crippen MR) is 100 cm³/mol. The molecule has 0 spiro atoms. The van der Waals surface area contributed by atoms with E-state index in [0.717, 1.165) is 69.7 Å². The lowest BCUT2D eigenvalue weighted by atomic mass is 9.81. The van der Waals surface area contributed by atoms with Gasteiger partial charge in [0.05, 0.1) is 24.5 Å². The number of carbonyl (C=O) groups is 2. The highest BCUT2D eigenvalue weighted by Gasteiger charge is 2.49. The number of fused-ring (bicyclic) bond motifs is 1. The number of imide groups is 1. The van der Waals surface area contributed by atoms with Crippen molar-refractivity contribution in [2.24, 2.45) is 11.8 Å². The quantitative estimate of drug-likeness (QED) is 0.650. The van der Waals surface area contributed by atoms with Crippen molar-refractivity contribution in [2.45, 2.75) is 32.2 Å². The maximum Gasteiger partial charge on any atom is 0.237 e. The van der Waals surface area contributed by atoms with Crippen molar-refractivity contribution >= 4 is 11.8 Å². The Kier molecular flexibility index (Phi) is 5.64. The van der Waals surface area contributed by atoms with Crippen molar-refractivity contribution in [2.75, 3.05) is 40.0 Å². The zero-order valence-electron chi connectivity index (χ0n) is 16.5. The van der Waals surface area contributed by atoms with Gasteiger partial charge in [-0.1, -0.05) is 12.8 Å². The molecule has 2 aliphatic heterocycles. The number of methoxy groups -OCH3 is 1. The standard InChI is InChI=1S/C21H28FN3O3/c1-28-19-7-6-16(22)12-15(19)13-23-8-10-24(11-9-23)14-25-20(26)17-4-2-3-5-18(17)21(25)27/h6-7,12,17-18H,2-5,8-11,13-14H2,1H3/p+2/t17-,18-/m0/s1. The van der Waals surface area contributed by atoms with Crippen molar-refractivity contribution in [3.05, 3.63) is 29.6 Å². The number of rotatable bonds is 5. The van der Waals surface area contributed by atoms with Crippen LogP contribution in [0.4, 0.5) is 4.39 Å². The summed E-state index contributed by atoms with van der Waals surface area (Å²) >= 11 is 0. The van der Waals surface area contributed by atoms with Gasteiger partial charge in [-0.25, -0.2) is 9.29 Å². The topological polar surface area (TPSA) is 55.5 Å². The average molecular weight is 391 g/mol. The first kappa shape index (κ1) is 19.3. The van der Waals surface area contributed by atoms with Crippen molar-refractivity contribution in [3.63, 3.8) is 0 Å². The minimum atomic E-state index is -0.244. The summed E-state index contributed by atoms with van der Waals surface area (Å²) in [6.07, 6.45) is 3.86. The van der Waals surface area contributed by atoms with Crippen molar-refractivity contribution in [3.8, 4) is 5.75 Å². The number of amides is 2. The number of halogens is 1. The Bertz CT molecular complexity index is 724. The Labute approximate surface area is 165 Å². The Hall–Kier alpha value is -1.99. The van der Waals surface area contributed by atoms with Gasteiger partial charge >= 0.3 is 0 Å². The van der Waals surface area contributed by atoms with Gasteiger partial charge in [-0.05, 0) is 31.0 Å². The number of carbonyl (C=O) groups excluding carboxylic acids is 2. The van der Waals surface area contributed by atoms with E-state index in [-0.39, 0.29) is 29.5 Å². The zero-order valence-corrected chi connectivity index (χ0v) is 16.5. The Morgan fingerprint density at radius 1 is 1.04 bits per heavy atom. The van der Waals surface area contributed by atoms with E-state index in [2.05, 4.69) is 0 Å². The second kappa shape index (κ2) is 8.17. The average Bonchev–Trinajstić information content (AvgIpc) is 2.95. The molecular weight excluding hydrogens is 361 g/mol. The van der Waals surface area contributed by atoms with Gasteiger partial charge < -0.3 is 14.5 Å². The fourth-order valence-electron chi connectivity index (χ4n) is 5.06. The molecule has 152 valence electrons. The summed E-state index contributed by atoms with van der Waals surface area (Å²) < 4.78 is 18.9. The minimum Gasteiger partial charge on any atom is -0.496 e. The van der Waals surface area contributed by atoms with E-state index >= 15 is 0 Å². The molecule has 0 unspecified atom stereocenters. The lowest BCUT2D eigenvalue weighted by molar-refractivity contribution is -1.02. The van der Waals surface area contributed by atoms with E-state index < -0.39 is 0 Å². The van der Waals surface area contributed by atoms with Crippen LogP contribution in [0.15, 0.2) is 18.2 Å². The number of hydrogen-bond acceptors (Lipinski definition) is 3. The smallest absolute Gasteiger partial charge is 0.237 e. The fourth-order valence-corrected chi connectivity index (χ4v) is 5.06. The molecular formula is C21H30FN3O3+2. The number of nitrogens with one attached hydrogen (secondary N) is 2. The van der Waals surface area contributed by atoms with Gasteiger partial charge in [0.1, 0.15) is 44.3 Å². The number of nitrogens with zero attached hydrogens (tertiary/aromatic N) is 1. The summed E-state index contributed by atoms with van der Waals surface area (Å²) in [5.41, 5.74) is 0.884. The van der Waals surface area contributed by atoms with Gasteiger partial charge in [-0.15, -0.1) is 0 Å². The molecule has 1 saturated carbocycles. The second-order valence-corrected chi connectivity index (χ2v) is 8.39. The van der Waals surface area contributed by atoms with Crippen LogP contribution in [-0.4, -0.2) is 56.7 Å². The zero-order chi connectivity index (χ0) is 19.7. The van der Waals surface area contributed by atoms with Crippen LogP contribution in [0.5, 0.6) is 5.75 Å². The van der Waals surface area contributed by atoms with Crippen LogP contribution in [0.1, 0.15) is 31.2 Å². The maximum absolute atomic E-state index is 13.6. The third kappa shape index (κ3) is 3.78. The molecule has 0 radical (unpaired) electrons. The van der Waals surface area contributed by atoms with Gasteiger partial charge in [0.25, 0.3) is 0 Å². The molecule has 7 heteroatoms. The van der Waals surface area contributed by atoms with Gasteiger partial charge in [0.2, 0.25) is 11.8 Å². The van der Waals surface area contributed by atoms with Crippen LogP contribution < -0.4 is 14.5 Å². The molecule has 2 amide bonds. The summed E-state index contributed by atoms with van der Waals surface area (Å²) in [7, 11) is 1.61. The first-order valence-electron chi connectivity index (χ1n) is 10.4. The summed E-state index contributed by atoms with van der Waals surface area (Å²) in [6, 6.07) is 4.64. The van der Waals surface area contributed by atoms with Crippen LogP contribution in [0.3, 0.4) is 0 Å². The summed E-state index contributed by atoms with van der Waals surface area (Å²) in [5, 5.41) is 0. The first-order valence-corrected chi connectivity index (χ1v) is 10.4. The van der Waals surface area contributed by atoms with Crippen LogP contribution in [-0.2, 0) is 16.1 Å². The third-order valence-electron chi connectivity index (χ3n) is 6.66. The molecule has 1 aliphatic carbocycles. The summed E-state index contributed by atoms with van der Waals surface area (Å²) in [5.74, 6) is 0.468. The van der Waals surface area contributed by atoms with Crippen molar-refractivity contribution < 1.29 is 28.5 Å². The molecule has 1 aromatic carbocycles. The maximum atomic E-state index is 13.6. The van der Waals surface area contributed by atoms with E-state index in [1.165, 1.54) is 20.8 Å². The number of hydrogen-bond donors (Lipinski definition) is 2. The molecule has 4 rings (SSSR count). The van der Waals surface area contributed by atoms with Crippen LogP contribution in [0.25, 0.3) is 0 Å². The summed E-state index contributed by atoms with van der Waals surface area (Å²) in [4.78, 5) is 29.5. The SMILES string of the molecule is COc1ccc(F)cc1C[NH+]1CC[NH+](CN2C(=O)[C@H]3CCCC[C@@H]3C2=O)CC1. The molecule has 0 aromatic heterocycles. The van der Waals surface area contributed by atoms with Gasteiger partial charge in [0.15, 0.2) is 6.67 Å². The van der Waals surface area contributed by atoms with E-state index in [0.29, 0.717) is 6.67 Å². The molecule has 3 aliphatic rings. The largest absolute Gasteiger partial charge is 0.496 e. The number of likely N-dealkylation sites (tertiary alicyclic amines) is 1. The van der Waals surface area contributed by atoms with E-state index in [4.69, 9.17) is 4.74 Å². The molecule has 2 atom stereocenters. The van der Waals surface area contributed by atoms with Crippen LogP contribution >= 0.6 is 0 Å². The molecule has 28 heavy (non-hydrogen) atoms. The normalized spacial score (nSPS) is 30.4. The van der Waals surface area contributed by atoms with Gasteiger partial charge in [-0.2, -0.15) is 0 Å². The minimum absolute atomic E-state index is 0.0569. The third-order valence-corrected chi connectivity index (χ3v) is 6.66. The van der Waals surface area contributed by atoms with Crippen molar-refractivity contribution in [1.82, 2.24) is 4.90 Å². The molecule has 0 bridgehead atoms. The fraction of sp³-hybridized carbons (Fsp3) is 0.619. The highest BCUT2D eigenvalue weighted by Crippen LogP contribution is 2.37. The monoisotopic (exact) mass is 391 g/mol. The van der Waals surface area contributed by atoms with Crippen LogP contribution in [0, 0.1) is 17.7 Å². The van der Waals surface area contributed by atoms with Crippen LogP contribution in [0.2, 0.25) is 0 Å². The summed E-state index contributed by atoms with van der Waals surface area (Å²) in [6.45, 7) is 4.88. The van der Waals surface area contributed by atoms with E-state index in [1.54, 1.807) is 19.2 Å². The molecule has 3 fully saturated rings. The molecule has 2 N–H and O–H groups in total. The number of quaternary nitrogens is 2. The Balaban J connectivity index is 1.32. The van der Waals surface area contributed by atoms with Gasteiger partial charge in [0, 0.05) is 0 Å². The molecule has 2 heterocycles. The highest BCUT2D eigenvalue weighted by atomic mass is 19.1. The van der Waals surface area contributed by atoms with Crippen molar-refractivity contribution in [1.29, 1.82) is 0 Å². The van der Waals surface area contributed by atoms with Gasteiger partial charge in [-0.3, -0.25) is 9.59 Å². The lowest BCUT2D eigenvalue weighted by Crippen LogP contribution is -3.28. The lowest BCUT2D eigenvalue weighted by Gasteiger charge is -2.31. The Morgan fingerprint density at radius 2 is 1.64 bits per heavy atom. The number of benzene rings is 1. The second-order valence-electron chi connectivity index (χ2n) is 8.39. The first-order chi connectivity index (χ1) is 13.6.